The van der Waals surface area contributed by atoms with Gasteiger partial charge in [0.2, 0.25) is 5.91 Å². The predicted octanol–water partition coefficient (Wildman–Crippen LogP) is 2.44. The summed E-state index contributed by atoms with van der Waals surface area (Å²) in [6, 6.07) is 13.3. The van der Waals surface area contributed by atoms with Crippen LogP contribution in [0.25, 0.3) is 0 Å². The van der Waals surface area contributed by atoms with E-state index >= 15 is 0 Å². The molecular formula is C16H16N2O3. The van der Waals surface area contributed by atoms with Gasteiger partial charge in [0, 0.05) is 11.1 Å². The second-order valence-corrected chi connectivity index (χ2v) is 4.32. The zero-order valence-corrected chi connectivity index (χ0v) is 11.6. The van der Waals surface area contributed by atoms with Crippen molar-refractivity contribution in [2.45, 2.75) is 6.92 Å². The molecule has 5 heteroatoms. The standard InChI is InChI=1S/C16H16N2O3/c1-2-21-14-6-4-3-5-13(14)18-16(20)12-9-7-11(8-10-12)15(17)19/h3-10H,2H2,1H3,(H2,17,19)(H,18,20). The summed E-state index contributed by atoms with van der Waals surface area (Å²) >= 11 is 0. The maximum atomic E-state index is 12.2. The maximum absolute atomic E-state index is 12.2. The number of carbonyl (C=O) groups is 2. The summed E-state index contributed by atoms with van der Waals surface area (Å²) in [7, 11) is 0. The van der Waals surface area contributed by atoms with Gasteiger partial charge in [0.15, 0.2) is 0 Å². The van der Waals surface area contributed by atoms with Crippen LogP contribution in [0.1, 0.15) is 27.6 Å². The fraction of sp³-hybridized carbons (Fsp3) is 0.125. The van der Waals surface area contributed by atoms with Gasteiger partial charge >= 0.3 is 0 Å². The molecule has 0 aromatic heterocycles. The topological polar surface area (TPSA) is 81.4 Å². The largest absolute Gasteiger partial charge is 0.492 e. The number of rotatable bonds is 5. The monoisotopic (exact) mass is 284 g/mol. The Morgan fingerprint density at radius 1 is 1.05 bits per heavy atom. The SMILES string of the molecule is CCOc1ccccc1NC(=O)c1ccc(C(N)=O)cc1. The van der Waals surface area contributed by atoms with Crippen molar-refractivity contribution in [1.29, 1.82) is 0 Å². The van der Waals surface area contributed by atoms with Gasteiger partial charge in [-0.1, -0.05) is 12.1 Å². The van der Waals surface area contributed by atoms with Crippen LogP contribution < -0.4 is 15.8 Å². The number of carbonyl (C=O) groups excluding carboxylic acids is 2. The fourth-order valence-corrected chi connectivity index (χ4v) is 1.83. The number of hydrogen-bond donors (Lipinski definition) is 2. The summed E-state index contributed by atoms with van der Waals surface area (Å²) < 4.78 is 5.45. The molecule has 0 atom stereocenters. The molecule has 108 valence electrons. The van der Waals surface area contributed by atoms with Crippen LogP contribution in [0.5, 0.6) is 5.75 Å². The van der Waals surface area contributed by atoms with Gasteiger partial charge in [-0.25, -0.2) is 0 Å². The molecule has 0 unspecified atom stereocenters. The van der Waals surface area contributed by atoms with Crippen molar-refractivity contribution < 1.29 is 14.3 Å². The van der Waals surface area contributed by atoms with Gasteiger partial charge in [-0.05, 0) is 43.3 Å². The van der Waals surface area contributed by atoms with E-state index in [9.17, 15) is 9.59 Å². The lowest BCUT2D eigenvalue weighted by molar-refractivity contribution is 0.0995. The van der Waals surface area contributed by atoms with Crippen molar-refractivity contribution in [2.24, 2.45) is 5.73 Å². The van der Waals surface area contributed by atoms with Crippen molar-refractivity contribution in [1.82, 2.24) is 0 Å². The molecule has 2 aromatic rings. The molecule has 0 spiro atoms. The smallest absolute Gasteiger partial charge is 0.255 e. The maximum Gasteiger partial charge on any atom is 0.255 e. The van der Waals surface area contributed by atoms with E-state index in [1.54, 1.807) is 24.3 Å². The molecule has 5 nitrogen and oxygen atoms in total. The zero-order chi connectivity index (χ0) is 15.2. The molecule has 21 heavy (non-hydrogen) atoms. The van der Waals surface area contributed by atoms with E-state index in [0.717, 1.165) is 0 Å². The molecule has 0 saturated carbocycles. The number of nitrogens with two attached hydrogens (primary N) is 1. The molecule has 0 aliphatic heterocycles. The predicted molar refractivity (Wildman–Crippen MR) is 80.5 cm³/mol. The third-order valence-corrected chi connectivity index (χ3v) is 2.87. The number of para-hydroxylation sites is 2. The number of benzene rings is 2. The summed E-state index contributed by atoms with van der Waals surface area (Å²) in [5.41, 5.74) is 6.56. The second-order valence-electron chi connectivity index (χ2n) is 4.32. The zero-order valence-electron chi connectivity index (χ0n) is 11.6. The van der Waals surface area contributed by atoms with Crippen LogP contribution in [0.4, 0.5) is 5.69 Å². The highest BCUT2D eigenvalue weighted by Crippen LogP contribution is 2.24. The molecule has 2 rings (SSSR count). The van der Waals surface area contributed by atoms with Crippen molar-refractivity contribution >= 4 is 17.5 Å². The molecule has 0 aliphatic carbocycles. The van der Waals surface area contributed by atoms with Crippen LogP contribution in [0.15, 0.2) is 48.5 Å². The lowest BCUT2D eigenvalue weighted by Crippen LogP contribution is -2.14. The number of hydrogen-bond acceptors (Lipinski definition) is 3. The van der Waals surface area contributed by atoms with E-state index in [2.05, 4.69) is 5.32 Å². The number of anilines is 1. The first-order chi connectivity index (χ1) is 10.1. The summed E-state index contributed by atoms with van der Waals surface area (Å²) in [4.78, 5) is 23.2. The number of primary amides is 1. The fourth-order valence-electron chi connectivity index (χ4n) is 1.83. The quantitative estimate of drug-likeness (QED) is 0.884. The van der Waals surface area contributed by atoms with E-state index in [1.165, 1.54) is 12.1 Å². The van der Waals surface area contributed by atoms with Crippen LogP contribution in [0.2, 0.25) is 0 Å². The highest BCUT2D eigenvalue weighted by Gasteiger charge is 2.10. The minimum Gasteiger partial charge on any atom is -0.492 e. The Morgan fingerprint density at radius 2 is 1.67 bits per heavy atom. The van der Waals surface area contributed by atoms with E-state index < -0.39 is 5.91 Å². The Labute approximate surface area is 122 Å². The van der Waals surface area contributed by atoms with Gasteiger partial charge in [-0.2, -0.15) is 0 Å². The summed E-state index contributed by atoms with van der Waals surface area (Å²) in [5, 5.41) is 2.78. The number of ether oxygens (including phenoxy) is 1. The third kappa shape index (κ3) is 3.60. The molecule has 2 amide bonds. The minimum absolute atomic E-state index is 0.279. The molecule has 0 bridgehead atoms. The number of nitrogens with one attached hydrogen (secondary N) is 1. The van der Waals surface area contributed by atoms with Crippen LogP contribution in [0, 0.1) is 0 Å². The van der Waals surface area contributed by atoms with Crippen LogP contribution in [-0.2, 0) is 0 Å². The Bertz CT molecular complexity index is 651. The molecule has 0 saturated heterocycles. The van der Waals surface area contributed by atoms with Gasteiger partial charge in [-0.15, -0.1) is 0 Å². The highest BCUT2D eigenvalue weighted by atomic mass is 16.5. The highest BCUT2D eigenvalue weighted by molar-refractivity contribution is 6.05. The lowest BCUT2D eigenvalue weighted by Gasteiger charge is -2.11. The van der Waals surface area contributed by atoms with Gasteiger partial charge in [0.05, 0.1) is 12.3 Å². The number of amides is 2. The second kappa shape index (κ2) is 6.56. The molecule has 3 N–H and O–H groups in total. The van der Waals surface area contributed by atoms with Crippen LogP contribution in [0.3, 0.4) is 0 Å². The molecular weight excluding hydrogens is 268 g/mol. The molecule has 2 aromatic carbocycles. The average molecular weight is 284 g/mol. The van der Waals surface area contributed by atoms with E-state index in [1.807, 2.05) is 19.1 Å². The van der Waals surface area contributed by atoms with Crippen LogP contribution in [-0.4, -0.2) is 18.4 Å². The summed E-state index contributed by atoms with van der Waals surface area (Å²) in [6.07, 6.45) is 0. The Balaban J connectivity index is 2.16. The average Bonchev–Trinajstić information content (AvgIpc) is 2.49. The van der Waals surface area contributed by atoms with Gasteiger partial charge in [-0.3, -0.25) is 9.59 Å². The first-order valence-corrected chi connectivity index (χ1v) is 6.55. The molecule has 0 aliphatic rings. The molecule has 0 radical (unpaired) electrons. The van der Waals surface area contributed by atoms with Crippen molar-refractivity contribution in [3.8, 4) is 5.75 Å². The molecule has 0 fully saturated rings. The lowest BCUT2D eigenvalue weighted by atomic mass is 10.1. The first kappa shape index (κ1) is 14.6. The summed E-state index contributed by atoms with van der Waals surface area (Å²) in [6.45, 7) is 2.39. The third-order valence-electron chi connectivity index (χ3n) is 2.87. The van der Waals surface area contributed by atoms with E-state index in [0.29, 0.717) is 29.2 Å². The van der Waals surface area contributed by atoms with E-state index in [-0.39, 0.29) is 5.91 Å². The van der Waals surface area contributed by atoms with Crippen LogP contribution >= 0.6 is 0 Å². The van der Waals surface area contributed by atoms with Gasteiger partial charge in [0.1, 0.15) is 5.75 Å². The van der Waals surface area contributed by atoms with Crippen molar-refractivity contribution in [2.75, 3.05) is 11.9 Å². The summed E-state index contributed by atoms with van der Waals surface area (Å²) in [5.74, 6) is -0.191. The van der Waals surface area contributed by atoms with Gasteiger partial charge < -0.3 is 15.8 Å². The Morgan fingerprint density at radius 3 is 2.29 bits per heavy atom. The Hall–Kier alpha value is -2.82. The Kier molecular flexibility index (Phi) is 4.56. The van der Waals surface area contributed by atoms with Crippen molar-refractivity contribution in [3.05, 3.63) is 59.7 Å². The van der Waals surface area contributed by atoms with E-state index in [4.69, 9.17) is 10.5 Å². The first-order valence-electron chi connectivity index (χ1n) is 6.55. The molecule has 0 heterocycles. The van der Waals surface area contributed by atoms with Crippen molar-refractivity contribution in [3.63, 3.8) is 0 Å². The van der Waals surface area contributed by atoms with Gasteiger partial charge in [0.25, 0.3) is 5.91 Å². The minimum atomic E-state index is -0.524. The normalized spacial score (nSPS) is 9.95.